The predicted molar refractivity (Wildman–Crippen MR) is 60.5 cm³/mol. The molecule has 1 heteroatoms. The van der Waals surface area contributed by atoms with Crippen LogP contribution < -0.4 is 0 Å². The van der Waals surface area contributed by atoms with Crippen molar-refractivity contribution in [3.63, 3.8) is 0 Å². The van der Waals surface area contributed by atoms with Crippen molar-refractivity contribution in [3.05, 3.63) is 28.8 Å². The van der Waals surface area contributed by atoms with Crippen molar-refractivity contribution in [2.24, 2.45) is 0 Å². The van der Waals surface area contributed by atoms with Gasteiger partial charge in [0.2, 0.25) is 0 Å². The van der Waals surface area contributed by atoms with Gasteiger partial charge in [0.15, 0.2) is 0 Å². The van der Waals surface area contributed by atoms with E-state index in [-0.39, 0.29) is 5.41 Å². The van der Waals surface area contributed by atoms with Crippen LogP contribution in [0.2, 0.25) is 0 Å². The van der Waals surface area contributed by atoms with Crippen LogP contribution in [0.3, 0.4) is 0 Å². The van der Waals surface area contributed by atoms with Gasteiger partial charge >= 0.3 is 0 Å². The summed E-state index contributed by atoms with van der Waals surface area (Å²) in [6.45, 7) is 10.9. The third-order valence-electron chi connectivity index (χ3n) is 2.40. The lowest BCUT2D eigenvalue weighted by atomic mass is 9.85. The second-order valence-corrected chi connectivity index (χ2v) is 5.12. The quantitative estimate of drug-likeness (QED) is 0.580. The molecule has 13 heavy (non-hydrogen) atoms. The van der Waals surface area contributed by atoms with Crippen molar-refractivity contribution in [2.75, 3.05) is 0 Å². The lowest BCUT2D eigenvalue weighted by Gasteiger charge is -2.21. The molecule has 0 spiro atoms. The Morgan fingerprint density at radius 3 is 1.92 bits per heavy atom. The molecular weight excluding hydrogens is 176 g/mol. The van der Waals surface area contributed by atoms with Gasteiger partial charge in [-0.1, -0.05) is 39.5 Å². The third-order valence-corrected chi connectivity index (χ3v) is 2.74. The molecule has 0 aliphatic carbocycles. The van der Waals surface area contributed by atoms with Crippen molar-refractivity contribution < 1.29 is 0 Å². The lowest BCUT2D eigenvalue weighted by molar-refractivity contribution is 0.577. The Kier molecular flexibility index (Phi) is 2.67. The molecular formula is C12H17S. The fraction of sp³-hybridized carbons (Fsp3) is 0.500. The minimum Gasteiger partial charge on any atom is -0.0798 e. The minimum atomic E-state index is 0.162. The van der Waals surface area contributed by atoms with E-state index < -0.39 is 0 Å². The fourth-order valence-electron chi connectivity index (χ4n) is 1.38. The molecule has 0 unspecified atom stereocenters. The summed E-state index contributed by atoms with van der Waals surface area (Å²) >= 11 is 5.35. The summed E-state index contributed by atoms with van der Waals surface area (Å²) in [4.78, 5) is 0.996. The summed E-state index contributed by atoms with van der Waals surface area (Å²) in [6.07, 6.45) is 0. The maximum atomic E-state index is 5.35. The number of rotatable bonds is 0. The Morgan fingerprint density at radius 2 is 1.46 bits per heavy atom. The van der Waals surface area contributed by atoms with Crippen LogP contribution in [0.25, 0.3) is 0 Å². The van der Waals surface area contributed by atoms with Crippen molar-refractivity contribution in [2.45, 2.75) is 44.9 Å². The van der Waals surface area contributed by atoms with Gasteiger partial charge in [0.25, 0.3) is 0 Å². The molecule has 0 N–H and O–H groups in total. The first-order valence-corrected chi connectivity index (χ1v) is 5.02. The Hall–Kier alpha value is -0.560. The fourth-order valence-corrected chi connectivity index (χ4v) is 1.92. The lowest BCUT2D eigenvalue weighted by Crippen LogP contribution is -2.12. The molecule has 0 saturated heterocycles. The van der Waals surface area contributed by atoms with Gasteiger partial charge in [-0.05, 0) is 42.0 Å². The average molecular weight is 193 g/mol. The highest BCUT2D eigenvalue weighted by atomic mass is 32.1. The van der Waals surface area contributed by atoms with Gasteiger partial charge < -0.3 is 0 Å². The molecule has 1 rings (SSSR count). The second kappa shape index (κ2) is 3.30. The van der Waals surface area contributed by atoms with Gasteiger partial charge in [-0.2, -0.15) is 0 Å². The SMILES string of the molecule is Cc1cc([S])c(C(C)(C)C)cc1C. The highest BCUT2D eigenvalue weighted by Gasteiger charge is 2.17. The zero-order valence-electron chi connectivity index (χ0n) is 9.06. The highest BCUT2D eigenvalue weighted by molar-refractivity contribution is 7.80. The molecule has 0 fully saturated rings. The minimum absolute atomic E-state index is 0.162. The normalized spacial score (nSPS) is 11.8. The van der Waals surface area contributed by atoms with Crippen molar-refractivity contribution >= 4 is 12.6 Å². The van der Waals surface area contributed by atoms with Crippen LogP contribution in [0.5, 0.6) is 0 Å². The monoisotopic (exact) mass is 193 g/mol. The van der Waals surface area contributed by atoms with Gasteiger partial charge in [0, 0.05) is 4.90 Å². The average Bonchev–Trinajstić information content (AvgIpc) is 1.94. The van der Waals surface area contributed by atoms with Crippen LogP contribution in [-0.2, 0) is 5.41 Å². The summed E-state index contributed by atoms with van der Waals surface area (Å²) in [6, 6.07) is 4.32. The maximum absolute atomic E-state index is 5.35. The topological polar surface area (TPSA) is 0 Å². The predicted octanol–water partition coefficient (Wildman–Crippen LogP) is 4.16. The molecule has 71 valence electrons. The van der Waals surface area contributed by atoms with Crippen molar-refractivity contribution in [1.82, 2.24) is 0 Å². The molecule has 0 bridgehead atoms. The molecule has 0 atom stereocenters. The van der Waals surface area contributed by atoms with Gasteiger partial charge in [-0.3, -0.25) is 0 Å². The second-order valence-electron chi connectivity index (χ2n) is 4.68. The zero-order chi connectivity index (χ0) is 10.2. The first-order chi connectivity index (χ1) is 5.82. The molecule has 1 aromatic rings. The molecule has 0 saturated carbocycles. The first-order valence-electron chi connectivity index (χ1n) is 4.61. The molecule has 0 heterocycles. The Morgan fingerprint density at radius 1 is 1.00 bits per heavy atom. The van der Waals surface area contributed by atoms with Crippen LogP contribution in [-0.4, -0.2) is 0 Å². The molecule has 0 aliphatic heterocycles. The summed E-state index contributed by atoms with van der Waals surface area (Å²) in [7, 11) is 0. The van der Waals surface area contributed by atoms with Crippen molar-refractivity contribution in [3.8, 4) is 0 Å². The number of hydrogen-bond acceptors (Lipinski definition) is 0. The van der Waals surface area contributed by atoms with E-state index in [0.29, 0.717) is 0 Å². The van der Waals surface area contributed by atoms with Gasteiger partial charge in [0.05, 0.1) is 0 Å². The van der Waals surface area contributed by atoms with Crippen LogP contribution in [0.15, 0.2) is 17.0 Å². The largest absolute Gasteiger partial charge is 0.0798 e. The smallest absolute Gasteiger partial charge is 0.0417 e. The summed E-state index contributed by atoms with van der Waals surface area (Å²) < 4.78 is 0. The van der Waals surface area contributed by atoms with E-state index in [1.165, 1.54) is 16.7 Å². The summed E-state index contributed by atoms with van der Waals surface area (Å²) in [5.41, 5.74) is 4.07. The van der Waals surface area contributed by atoms with Gasteiger partial charge in [0.1, 0.15) is 0 Å². The van der Waals surface area contributed by atoms with Crippen molar-refractivity contribution in [1.29, 1.82) is 0 Å². The Balaban J connectivity index is 3.32. The van der Waals surface area contributed by atoms with E-state index in [2.05, 4.69) is 46.8 Å². The standard InChI is InChI=1S/C12H17S/c1-8-6-10(12(3,4)5)11(13)7-9(8)2/h6-7H,1-5H3. The Labute approximate surface area is 86.8 Å². The molecule has 0 aliphatic rings. The highest BCUT2D eigenvalue weighted by Crippen LogP contribution is 2.30. The van der Waals surface area contributed by atoms with E-state index in [1.54, 1.807) is 0 Å². The van der Waals surface area contributed by atoms with Crippen LogP contribution in [0.1, 0.15) is 37.5 Å². The van der Waals surface area contributed by atoms with Gasteiger partial charge in [-0.25, -0.2) is 0 Å². The summed E-state index contributed by atoms with van der Waals surface area (Å²) in [5.74, 6) is 0. The first kappa shape index (κ1) is 10.5. The van der Waals surface area contributed by atoms with E-state index in [1.807, 2.05) is 0 Å². The van der Waals surface area contributed by atoms with Crippen LogP contribution in [0.4, 0.5) is 0 Å². The number of aryl methyl sites for hydroxylation is 2. The molecule has 1 aromatic carbocycles. The Bertz CT molecular complexity index is 319. The zero-order valence-corrected chi connectivity index (χ0v) is 9.88. The van der Waals surface area contributed by atoms with Crippen LogP contribution in [0, 0.1) is 13.8 Å². The molecule has 0 amide bonds. The van der Waals surface area contributed by atoms with E-state index >= 15 is 0 Å². The maximum Gasteiger partial charge on any atom is 0.0417 e. The van der Waals surface area contributed by atoms with E-state index in [9.17, 15) is 0 Å². The molecule has 0 nitrogen and oxygen atoms in total. The molecule has 1 radical (unpaired) electrons. The summed E-state index contributed by atoms with van der Waals surface area (Å²) in [5, 5.41) is 0. The van der Waals surface area contributed by atoms with Gasteiger partial charge in [-0.15, -0.1) is 0 Å². The van der Waals surface area contributed by atoms with Crippen LogP contribution >= 0.6 is 12.6 Å². The third kappa shape index (κ3) is 2.22. The molecule has 0 aromatic heterocycles. The van der Waals surface area contributed by atoms with E-state index in [0.717, 1.165) is 4.90 Å². The number of benzene rings is 1. The number of hydrogen-bond donors (Lipinski definition) is 0. The van der Waals surface area contributed by atoms with E-state index in [4.69, 9.17) is 12.6 Å².